The number of hydrogen-bond donors (Lipinski definition) is 0. The zero-order valence-electron chi connectivity index (χ0n) is 7.54. The van der Waals surface area contributed by atoms with Crippen molar-refractivity contribution >= 4 is 19.7 Å². The van der Waals surface area contributed by atoms with Gasteiger partial charge < -0.3 is 4.57 Å². The van der Waals surface area contributed by atoms with E-state index < -0.39 is 9.05 Å². The van der Waals surface area contributed by atoms with E-state index in [0.29, 0.717) is 5.69 Å². The topological polar surface area (TPSA) is 52.0 Å². The van der Waals surface area contributed by atoms with Gasteiger partial charge in [-0.15, -0.1) is 0 Å². The van der Waals surface area contributed by atoms with E-state index >= 15 is 0 Å². The molecule has 0 aliphatic carbocycles. The molecule has 0 spiro atoms. The molecule has 6 heteroatoms. The number of halogens is 1. The van der Waals surface area contributed by atoms with Gasteiger partial charge in [0.1, 0.15) is 0 Å². The first kappa shape index (κ1) is 10.2. The lowest BCUT2D eigenvalue weighted by molar-refractivity contribution is 0.609. The molecule has 0 unspecified atom stereocenters. The van der Waals surface area contributed by atoms with Crippen molar-refractivity contribution in [3.05, 3.63) is 43.0 Å². The summed E-state index contributed by atoms with van der Waals surface area (Å²) in [7, 11) is 1.56. The van der Waals surface area contributed by atoms with E-state index in [1.54, 1.807) is 35.4 Å². The largest absolute Gasteiger partial charge is 0.306 e. The third-order valence-electron chi connectivity index (χ3n) is 1.90. The molecular formula is C9H7ClN2O2S. The van der Waals surface area contributed by atoms with Crippen LogP contribution in [0.4, 0.5) is 0 Å². The fraction of sp³-hybridized carbons (Fsp3) is 0. The van der Waals surface area contributed by atoms with E-state index in [1.807, 2.05) is 0 Å². The number of benzene rings is 1. The maximum absolute atomic E-state index is 11.1. The van der Waals surface area contributed by atoms with Crippen LogP contribution in [0.25, 0.3) is 5.69 Å². The first-order valence-corrected chi connectivity index (χ1v) is 6.41. The van der Waals surface area contributed by atoms with E-state index in [-0.39, 0.29) is 4.90 Å². The van der Waals surface area contributed by atoms with Crippen LogP contribution in [0.3, 0.4) is 0 Å². The van der Waals surface area contributed by atoms with Gasteiger partial charge in [0.05, 0.1) is 11.2 Å². The molecule has 0 saturated heterocycles. The third-order valence-corrected chi connectivity index (χ3v) is 3.25. The van der Waals surface area contributed by atoms with E-state index in [0.717, 1.165) is 0 Å². The summed E-state index contributed by atoms with van der Waals surface area (Å²) in [5, 5.41) is 0. The Morgan fingerprint density at radius 1 is 1.33 bits per heavy atom. The predicted octanol–water partition coefficient (Wildman–Crippen LogP) is 1.80. The quantitative estimate of drug-likeness (QED) is 0.755. The summed E-state index contributed by atoms with van der Waals surface area (Å²) in [6.45, 7) is 0. The van der Waals surface area contributed by atoms with Crippen LogP contribution in [0.1, 0.15) is 0 Å². The van der Waals surface area contributed by atoms with Gasteiger partial charge in [0.2, 0.25) is 0 Å². The van der Waals surface area contributed by atoms with Gasteiger partial charge >= 0.3 is 0 Å². The fourth-order valence-corrected chi connectivity index (χ4v) is 2.00. The van der Waals surface area contributed by atoms with Gasteiger partial charge in [0.15, 0.2) is 0 Å². The monoisotopic (exact) mass is 242 g/mol. The second-order valence-corrected chi connectivity index (χ2v) is 5.47. The van der Waals surface area contributed by atoms with Gasteiger partial charge in [0.25, 0.3) is 9.05 Å². The molecule has 78 valence electrons. The Balaban J connectivity index is 2.53. The lowest BCUT2D eigenvalue weighted by atomic mass is 10.3. The number of hydrogen-bond acceptors (Lipinski definition) is 3. The fourth-order valence-electron chi connectivity index (χ4n) is 1.21. The highest BCUT2D eigenvalue weighted by Crippen LogP contribution is 2.18. The number of aromatic nitrogens is 2. The molecule has 2 aromatic rings. The molecule has 0 fully saturated rings. The maximum Gasteiger partial charge on any atom is 0.261 e. The van der Waals surface area contributed by atoms with Crippen LogP contribution in [0.2, 0.25) is 0 Å². The summed E-state index contributed by atoms with van der Waals surface area (Å²) < 4.78 is 23.9. The first-order valence-electron chi connectivity index (χ1n) is 4.10. The molecule has 2 rings (SSSR count). The van der Waals surface area contributed by atoms with E-state index in [9.17, 15) is 8.42 Å². The van der Waals surface area contributed by atoms with Crippen molar-refractivity contribution in [1.29, 1.82) is 0 Å². The molecule has 1 aromatic carbocycles. The van der Waals surface area contributed by atoms with Crippen LogP contribution in [0, 0.1) is 0 Å². The molecule has 15 heavy (non-hydrogen) atoms. The van der Waals surface area contributed by atoms with Crippen molar-refractivity contribution in [1.82, 2.24) is 9.55 Å². The molecular weight excluding hydrogens is 236 g/mol. The predicted molar refractivity (Wildman–Crippen MR) is 56.6 cm³/mol. The van der Waals surface area contributed by atoms with E-state index in [1.165, 1.54) is 12.1 Å². The Labute approximate surface area is 91.6 Å². The van der Waals surface area contributed by atoms with Crippen molar-refractivity contribution in [2.75, 3.05) is 0 Å². The molecule has 1 heterocycles. The summed E-state index contributed by atoms with van der Waals surface area (Å²) in [6.07, 6.45) is 4.92. The summed E-state index contributed by atoms with van der Waals surface area (Å²) in [5.74, 6) is 0. The summed E-state index contributed by atoms with van der Waals surface area (Å²) in [5.41, 5.74) is 0.703. The average molecular weight is 243 g/mol. The third kappa shape index (κ3) is 2.19. The zero-order valence-corrected chi connectivity index (χ0v) is 9.11. The molecule has 0 N–H and O–H groups in total. The average Bonchev–Trinajstić information content (AvgIpc) is 2.69. The minimum atomic E-state index is -3.68. The standard InChI is InChI=1S/C9H7ClN2O2S/c10-15(13,14)9-3-1-2-8(6-9)12-5-4-11-7-12/h1-7H. The van der Waals surface area contributed by atoms with Crippen molar-refractivity contribution in [2.24, 2.45) is 0 Å². The van der Waals surface area contributed by atoms with Crippen molar-refractivity contribution < 1.29 is 8.42 Å². The van der Waals surface area contributed by atoms with Gasteiger partial charge in [-0.25, -0.2) is 13.4 Å². The normalized spacial score (nSPS) is 11.5. The maximum atomic E-state index is 11.1. The smallest absolute Gasteiger partial charge is 0.261 e. The highest BCUT2D eigenvalue weighted by molar-refractivity contribution is 8.13. The van der Waals surface area contributed by atoms with Gasteiger partial charge in [-0.1, -0.05) is 6.07 Å². The molecule has 0 amide bonds. The summed E-state index contributed by atoms with van der Waals surface area (Å²) in [6, 6.07) is 6.34. The van der Waals surface area contributed by atoms with Crippen LogP contribution < -0.4 is 0 Å². The molecule has 0 bridgehead atoms. The van der Waals surface area contributed by atoms with Crippen molar-refractivity contribution in [3.8, 4) is 5.69 Å². The van der Waals surface area contributed by atoms with Gasteiger partial charge in [-0.2, -0.15) is 0 Å². The lowest BCUT2D eigenvalue weighted by Gasteiger charge is -2.02. The molecule has 0 saturated carbocycles. The SMILES string of the molecule is O=S(=O)(Cl)c1cccc(-n2ccnc2)c1. The molecule has 0 aliphatic heterocycles. The van der Waals surface area contributed by atoms with Gasteiger partial charge in [0, 0.05) is 28.8 Å². The number of nitrogens with zero attached hydrogens (tertiary/aromatic N) is 2. The Bertz CT molecular complexity index is 564. The summed E-state index contributed by atoms with van der Waals surface area (Å²) in [4.78, 5) is 3.95. The van der Waals surface area contributed by atoms with Crippen LogP contribution in [0.5, 0.6) is 0 Å². The van der Waals surface area contributed by atoms with Crippen molar-refractivity contribution in [2.45, 2.75) is 4.90 Å². The minimum absolute atomic E-state index is 0.0790. The molecule has 1 aromatic heterocycles. The van der Waals surface area contributed by atoms with E-state index in [4.69, 9.17) is 10.7 Å². The molecule has 0 radical (unpaired) electrons. The highest BCUT2D eigenvalue weighted by Gasteiger charge is 2.10. The van der Waals surface area contributed by atoms with Crippen LogP contribution in [0.15, 0.2) is 47.9 Å². The zero-order chi connectivity index (χ0) is 10.9. The second-order valence-electron chi connectivity index (χ2n) is 2.91. The minimum Gasteiger partial charge on any atom is -0.306 e. The van der Waals surface area contributed by atoms with Crippen LogP contribution in [-0.4, -0.2) is 18.0 Å². The molecule has 4 nitrogen and oxygen atoms in total. The van der Waals surface area contributed by atoms with Gasteiger partial charge in [-0.3, -0.25) is 0 Å². The Kier molecular flexibility index (Phi) is 2.50. The molecule has 0 aliphatic rings. The Morgan fingerprint density at radius 3 is 2.73 bits per heavy atom. The number of rotatable bonds is 2. The van der Waals surface area contributed by atoms with Gasteiger partial charge in [-0.05, 0) is 18.2 Å². The summed E-state index contributed by atoms with van der Waals surface area (Å²) >= 11 is 0. The Hall–Kier alpha value is -1.33. The number of imidazole rings is 1. The second kappa shape index (κ2) is 3.67. The molecule has 0 atom stereocenters. The van der Waals surface area contributed by atoms with Crippen LogP contribution >= 0.6 is 10.7 Å². The Morgan fingerprint density at radius 2 is 2.13 bits per heavy atom. The van der Waals surface area contributed by atoms with E-state index in [2.05, 4.69) is 4.98 Å². The highest BCUT2D eigenvalue weighted by atomic mass is 35.7. The van der Waals surface area contributed by atoms with Crippen LogP contribution in [-0.2, 0) is 9.05 Å². The van der Waals surface area contributed by atoms with Crippen molar-refractivity contribution in [3.63, 3.8) is 0 Å². The first-order chi connectivity index (χ1) is 7.07. The lowest BCUT2D eigenvalue weighted by Crippen LogP contribution is -1.94.